The van der Waals surface area contributed by atoms with Gasteiger partial charge < -0.3 is 0 Å². The zero-order chi connectivity index (χ0) is 7.56. The van der Waals surface area contributed by atoms with Gasteiger partial charge in [-0.15, -0.1) is 0 Å². The van der Waals surface area contributed by atoms with E-state index in [-0.39, 0.29) is 15.0 Å². The number of hydrogen-bond donors (Lipinski definition) is 1. The quantitative estimate of drug-likeness (QED) is 0.577. The third kappa shape index (κ3) is 1.63. The van der Waals surface area contributed by atoms with E-state index in [0.29, 0.717) is 0 Å². The zero-order valence-electron chi connectivity index (χ0n) is 4.80. The summed E-state index contributed by atoms with van der Waals surface area (Å²) in [5, 5.41) is 5.63. The van der Waals surface area contributed by atoms with Crippen LogP contribution in [0.1, 0.15) is 10.5 Å². The van der Waals surface area contributed by atoms with E-state index in [0.717, 1.165) is 0 Å². The van der Waals surface area contributed by atoms with Gasteiger partial charge in [-0.2, -0.15) is 5.10 Å². The lowest BCUT2D eigenvalue weighted by molar-refractivity contribution is 0.110. The van der Waals surface area contributed by atoms with Gasteiger partial charge in [0.2, 0.25) is 3.79 Å². The summed E-state index contributed by atoms with van der Waals surface area (Å²) in [5.74, 6) is 0. The van der Waals surface area contributed by atoms with Gasteiger partial charge in [-0.25, -0.2) is 5.10 Å². The van der Waals surface area contributed by atoms with Crippen molar-refractivity contribution < 1.29 is 4.79 Å². The number of halogens is 1. The van der Waals surface area contributed by atoms with Gasteiger partial charge in [0.15, 0.2) is 0 Å². The summed E-state index contributed by atoms with van der Waals surface area (Å²) >= 11 is 1.60. The lowest BCUT2D eigenvalue weighted by Crippen LogP contribution is -2.08. The first-order valence-corrected chi connectivity index (χ1v) is 3.53. The molecule has 0 aromatic carbocycles. The van der Waals surface area contributed by atoms with E-state index >= 15 is 0 Å². The molecule has 5 heteroatoms. The van der Waals surface area contributed by atoms with Crippen LogP contribution >= 0.6 is 22.6 Å². The van der Waals surface area contributed by atoms with Crippen molar-refractivity contribution in [3.8, 4) is 0 Å². The highest BCUT2D eigenvalue weighted by Crippen LogP contribution is 1.97. The van der Waals surface area contributed by atoms with Crippen LogP contribution in [0.5, 0.6) is 0 Å². The van der Waals surface area contributed by atoms with Gasteiger partial charge >= 0.3 is 0 Å². The van der Waals surface area contributed by atoms with Gasteiger partial charge in [0.1, 0.15) is 5.69 Å². The monoisotopic (exact) mass is 250 g/mol. The number of nitrogens with one attached hydrogen (secondary N) is 1. The average molecular weight is 250 g/mol. The fourth-order valence-electron chi connectivity index (χ4n) is 0.454. The summed E-state index contributed by atoms with van der Waals surface area (Å²) in [4.78, 5) is 21.0. The smallest absolute Gasteiger partial charge is 0.264 e. The zero-order valence-corrected chi connectivity index (χ0v) is 6.95. The molecule has 0 atom stereocenters. The third-order valence-electron chi connectivity index (χ3n) is 0.881. The van der Waals surface area contributed by atoms with Crippen LogP contribution < -0.4 is 5.56 Å². The molecule has 1 N–H and O–H groups in total. The second kappa shape index (κ2) is 2.91. The molecule has 4 nitrogen and oxygen atoms in total. The van der Waals surface area contributed by atoms with Crippen LogP contribution in [0.2, 0.25) is 0 Å². The van der Waals surface area contributed by atoms with E-state index in [9.17, 15) is 9.59 Å². The summed E-state index contributed by atoms with van der Waals surface area (Å²) in [7, 11) is 0. The molecule has 0 radical (unpaired) electrons. The SMILES string of the molecule is O=C(I)c1ccc(=O)[nH]n1. The first-order chi connectivity index (χ1) is 4.70. The van der Waals surface area contributed by atoms with Crippen LogP contribution in [0.4, 0.5) is 0 Å². The number of hydrogen-bond acceptors (Lipinski definition) is 3. The second-order valence-corrected chi connectivity index (χ2v) is 2.56. The van der Waals surface area contributed by atoms with Crippen LogP contribution in [0, 0.1) is 0 Å². The number of rotatable bonds is 1. The van der Waals surface area contributed by atoms with Gasteiger partial charge in [0.25, 0.3) is 5.56 Å². The van der Waals surface area contributed by atoms with E-state index in [1.165, 1.54) is 12.1 Å². The summed E-state index contributed by atoms with van der Waals surface area (Å²) in [6, 6.07) is 2.65. The normalized spacial score (nSPS) is 9.30. The van der Waals surface area contributed by atoms with Gasteiger partial charge in [-0.05, 0) is 6.07 Å². The first-order valence-electron chi connectivity index (χ1n) is 2.46. The Hall–Kier alpha value is -0.720. The first kappa shape index (κ1) is 7.39. The molecule has 1 aromatic heterocycles. The Morgan fingerprint density at radius 2 is 2.30 bits per heavy atom. The van der Waals surface area contributed by atoms with Crippen LogP contribution in [-0.4, -0.2) is 14.0 Å². The number of H-pyrrole nitrogens is 1. The summed E-state index contributed by atoms with van der Waals surface area (Å²) in [5.41, 5.74) is -0.0402. The molecule has 0 unspecified atom stereocenters. The van der Waals surface area contributed by atoms with Crippen molar-refractivity contribution in [2.24, 2.45) is 0 Å². The van der Waals surface area contributed by atoms with E-state index < -0.39 is 0 Å². The largest absolute Gasteiger partial charge is 0.280 e. The number of aromatic amines is 1. The molecule has 52 valence electrons. The van der Waals surface area contributed by atoms with Gasteiger partial charge in [-0.1, -0.05) is 0 Å². The van der Waals surface area contributed by atoms with Gasteiger partial charge in [0.05, 0.1) is 0 Å². The fraction of sp³-hybridized carbons (Fsp3) is 0. The molecule has 0 aliphatic heterocycles. The standard InChI is InChI=1S/C5H3IN2O2/c6-5(10)3-1-2-4(9)8-7-3/h1-2H,(H,8,9). The molecular formula is C5H3IN2O2. The van der Waals surface area contributed by atoms with Crippen molar-refractivity contribution in [2.75, 3.05) is 0 Å². The third-order valence-corrected chi connectivity index (χ3v) is 1.43. The van der Waals surface area contributed by atoms with Crippen molar-refractivity contribution in [2.45, 2.75) is 0 Å². The topological polar surface area (TPSA) is 62.8 Å². The van der Waals surface area contributed by atoms with Crippen LogP contribution in [0.15, 0.2) is 16.9 Å². The van der Waals surface area contributed by atoms with Gasteiger partial charge in [0, 0.05) is 28.7 Å². The number of aromatic nitrogens is 2. The van der Waals surface area contributed by atoms with Crippen molar-refractivity contribution in [1.82, 2.24) is 10.2 Å². The lowest BCUT2D eigenvalue weighted by atomic mass is 10.4. The Bertz CT molecular complexity index is 286. The maximum Gasteiger partial charge on any atom is 0.264 e. The Morgan fingerprint density at radius 1 is 1.60 bits per heavy atom. The highest BCUT2D eigenvalue weighted by molar-refractivity contribution is 14.1. The minimum Gasteiger partial charge on any atom is -0.280 e. The molecule has 0 aliphatic carbocycles. The van der Waals surface area contributed by atoms with Crippen molar-refractivity contribution in [3.05, 3.63) is 28.2 Å². The molecule has 1 aromatic rings. The van der Waals surface area contributed by atoms with E-state index in [1.54, 1.807) is 22.6 Å². The predicted molar refractivity (Wildman–Crippen MR) is 43.2 cm³/mol. The van der Waals surface area contributed by atoms with E-state index in [1.807, 2.05) is 0 Å². The molecule has 0 spiro atoms. The Balaban J connectivity index is 3.12. The minimum absolute atomic E-state index is 0.186. The van der Waals surface area contributed by atoms with Crippen LogP contribution in [0.3, 0.4) is 0 Å². The Labute approximate surface area is 69.8 Å². The van der Waals surface area contributed by atoms with Gasteiger partial charge in [-0.3, -0.25) is 9.59 Å². The molecule has 0 aliphatic rings. The molecule has 10 heavy (non-hydrogen) atoms. The maximum atomic E-state index is 10.6. The van der Waals surface area contributed by atoms with Crippen molar-refractivity contribution in [3.63, 3.8) is 0 Å². The van der Waals surface area contributed by atoms with E-state index in [2.05, 4.69) is 10.2 Å². The highest BCUT2D eigenvalue weighted by Gasteiger charge is 1.99. The molecule has 0 saturated carbocycles. The van der Waals surface area contributed by atoms with Crippen molar-refractivity contribution >= 4 is 26.4 Å². The molecule has 1 rings (SSSR count). The second-order valence-electron chi connectivity index (χ2n) is 1.58. The number of carbonyl (C=O) groups excluding carboxylic acids is 1. The molecular weight excluding hydrogens is 247 g/mol. The Morgan fingerprint density at radius 3 is 2.70 bits per heavy atom. The molecule has 0 amide bonds. The van der Waals surface area contributed by atoms with Crippen molar-refractivity contribution in [1.29, 1.82) is 0 Å². The molecule has 0 saturated heterocycles. The predicted octanol–water partition coefficient (Wildman–Crippen LogP) is 0.345. The molecule has 0 bridgehead atoms. The highest BCUT2D eigenvalue weighted by atomic mass is 127. The number of carbonyl (C=O) groups is 1. The van der Waals surface area contributed by atoms with Crippen LogP contribution in [-0.2, 0) is 0 Å². The maximum absolute atomic E-state index is 10.6. The summed E-state index contributed by atoms with van der Waals surface area (Å²) in [6.45, 7) is 0. The van der Waals surface area contributed by atoms with Crippen LogP contribution in [0.25, 0.3) is 0 Å². The molecule has 1 heterocycles. The lowest BCUT2D eigenvalue weighted by Gasteiger charge is -1.87. The summed E-state index contributed by atoms with van der Waals surface area (Å²) < 4.78 is -0.186. The molecule has 0 fully saturated rings. The number of nitrogens with zero attached hydrogens (tertiary/aromatic N) is 1. The average Bonchev–Trinajstić information content (AvgIpc) is 1.88. The Kier molecular flexibility index (Phi) is 2.15. The minimum atomic E-state index is -0.304. The fourth-order valence-corrected chi connectivity index (χ4v) is 0.754. The van der Waals surface area contributed by atoms with E-state index in [4.69, 9.17) is 0 Å². The summed E-state index contributed by atoms with van der Waals surface area (Å²) in [6.07, 6.45) is 0.